The van der Waals surface area contributed by atoms with E-state index in [1.807, 2.05) is 13.8 Å². The van der Waals surface area contributed by atoms with Crippen LogP contribution in [0.25, 0.3) is 0 Å². The van der Waals surface area contributed by atoms with Gasteiger partial charge in [0.2, 0.25) is 5.91 Å². The van der Waals surface area contributed by atoms with Crippen molar-refractivity contribution in [2.24, 2.45) is 0 Å². The molecule has 6 nitrogen and oxygen atoms in total. The third kappa shape index (κ3) is 4.80. The van der Waals surface area contributed by atoms with Gasteiger partial charge >= 0.3 is 0 Å². The molecular formula is C22H24FN3O3. The number of amides is 3. The van der Waals surface area contributed by atoms with E-state index in [2.05, 4.69) is 10.6 Å². The highest BCUT2D eigenvalue weighted by Crippen LogP contribution is 2.22. The lowest BCUT2D eigenvalue weighted by Crippen LogP contribution is -2.47. The number of nitrogens with one attached hydrogen (secondary N) is 2. The Kier molecular flexibility index (Phi) is 6.26. The van der Waals surface area contributed by atoms with Crippen LogP contribution in [0.3, 0.4) is 0 Å². The maximum absolute atomic E-state index is 13.8. The molecule has 2 N–H and O–H groups in total. The summed E-state index contributed by atoms with van der Waals surface area (Å²) in [6.45, 7) is 4.25. The highest BCUT2D eigenvalue weighted by Gasteiger charge is 2.34. The SMILES string of the molecule is CC(C)NC(=O)[C@H]1CCCN1C(=O)c1cccc(NC(=O)c2ccccc2F)c1. The standard InChI is InChI=1S/C22H24FN3O3/c1-14(2)24-21(28)19-11-6-12-26(19)22(29)15-7-5-8-16(13-15)25-20(27)17-9-3-4-10-18(17)23/h3-5,7-10,13-14,19H,6,11-12H2,1-2H3,(H,24,28)(H,25,27)/t19-/m1/s1. The first-order valence-corrected chi connectivity index (χ1v) is 9.64. The van der Waals surface area contributed by atoms with Crippen LogP contribution >= 0.6 is 0 Å². The topological polar surface area (TPSA) is 78.5 Å². The third-order valence-electron chi connectivity index (χ3n) is 4.73. The molecule has 0 spiro atoms. The Hall–Kier alpha value is -3.22. The van der Waals surface area contributed by atoms with Crippen LogP contribution in [-0.4, -0.2) is 41.2 Å². The zero-order chi connectivity index (χ0) is 21.0. The molecule has 1 atom stereocenters. The summed E-state index contributed by atoms with van der Waals surface area (Å²) in [5.41, 5.74) is 0.668. The minimum atomic E-state index is -0.617. The molecule has 152 valence electrons. The molecule has 1 aliphatic rings. The summed E-state index contributed by atoms with van der Waals surface area (Å²) >= 11 is 0. The molecule has 3 rings (SSSR count). The normalized spacial score (nSPS) is 16.0. The van der Waals surface area contributed by atoms with Crippen LogP contribution < -0.4 is 10.6 Å². The maximum atomic E-state index is 13.8. The first kappa shape index (κ1) is 20.5. The summed E-state index contributed by atoms with van der Waals surface area (Å²) in [5.74, 6) is -1.64. The second kappa shape index (κ2) is 8.86. The van der Waals surface area contributed by atoms with Crippen LogP contribution in [0.2, 0.25) is 0 Å². The minimum Gasteiger partial charge on any atom is -0.352 e. The van der Waals surface area contributed by atoms with Gasteiger partial charge in [0.1, 0.15) is 11.9 Å². The first-order chi connectivity index (χ1) is 13.9. The molecule has 1 saturated heterocycles. The monoisotopic (exact) mass is 397 g/mol. The Balaban J connectivity index is 1.75. The quantitative estimate of drug-likeness (QED) is 0.813. The zero-order valence-electron chi connectivity index (χ0n) is 16.4. The summed E-state index contributed by atoms with van der Waals surface area (Å²) in [7, 11) is 0. The molecule has 3 amide bonds. The fraction of sp³-hybridized carbons (Fsp3) is 0.318. The van der Waals surface area contributed by atoms with Crippen molar-refractivity contribution in [2.45, 2.75) is 38.8 Å². The number of hydrogen-bond acceptors (Lipinski definition) is 3. The predicted octanol–water partition coefficient (Wildman–Crippen LogP) is 3.21. The third-order valence-corrected chi connectivity index (χ3v) is 4.73. The van der Waals surface area contributed by atoms with E-state index in [1.165, 1.54) is 24.3 Å². The number of hydrogen-bond donors (Lipinski definition) is 2. The molecule has 2 aromatic rings. The fourth-order valence-electron chi connectivity index (χ4n) is 3.40. The van der Waals surface area contributed by atoms with E-state index in [4.69, 9.17) is 0 Å². The van der Waals surface area contributed by atoms with Crippen molar-refractivity contribution < 1.29 is 18.8 Å². The van der Waals surface area contributed by atoms with Gasteiger partial charge in [0.15, 0.2) is 0 Å². The summed E-state index contributed by atoms with van der Waals surface area (Å²) in [6.07, 6.45) is 1.37. The average Bonchev–Trinajstić information content (AvgIpc) is 3.17. The van der Waals surface area contributed by atoms with Crippen molar-refractivity contribution in [3.63, 3.8) is 0 Å². The smallest absolute Gasteiger partial charge is 0.258 e. The number of nitrogens with zero attached hydrogens (tertiary/aromatic N) is 1. The molecule has 0 bridgehead atoms. The second-order valence-electron chi connectivity index (χ2n) is 7.33. The van der Waals surface area contributed by atoms with E-state index in [9.17, 15) is 18.8 Å². The van der Waals surface area contributed by atoms with Crippen LogP contribution in [0.5, 0.6) is 0 Å². The van der Waals surface area contributed by atoms with Crippen molar-refractivity contribution >= 4 is 23.4 Å². The molecule has 1 aliphatic heterocycles. The molecule has 0 saturated carbocycles. The summed E-state index contributed by atoms with van der Waals surface area (Å²) in [4.78, 5) is 39.3. The molecule has 1 heterocycles. The van der Waals surface area contributed by atoms with Crippen LogP contribution in [0.1, 0.15) is 47.4 Å². The molecule has 29 heavy (non-hydrogen) atoms. The number of carbonyl (C=O) groups is 3. The number of anilines is 1. The Labute approximate surface area is 169 Å². The maximum Gasteiger partial charge on any atom is 0.258 e. The van der Waals surface area contributed by atoms with Gasteiger partial charge in [-0.15, -0.1) is 0 Å². The van der Waals surface area contributed by atoms with Crippen molar-refractivity contribution in [1.82, 2.24) is 10.2 Å². The molecule has 1 fully saturated rings. The number of rotatable bonds is 5. The number of benzene rings is 2. The van der Waals surface area contributed by atoms with E-state index in [0.717, 1.165) is 6.42 Å². The van der Waals surface area contributed by atoms with Crippen LogP contribution in [-0.2, 0) is 4.79 Å². The number of carbonyl (C=O) groups excluding carboxylic acids is 3. The van der Waals surface area contributed by atoms with Crippen LogP contribution in [0.4, 0.5) is 10.1 Å². The lowest BCUT2D eigenvalue weighted by Gasteiger charge is -2.25. The summed E-state index contributed by atoms with van der Waals surface area (Å²) in [6, 6.07) is 11.6. The van der Waals surface area contributed by atoms with E-state index in [-0.39, 0.29) is 23.4 Å². The summed E-state index contributed by atoms with van der Waals surface area (Å²) in [5, 5.41) is 5.47. The van der Waals surface area contributed by atoms with Gasteiger partial charge in [0.25, 0.3) is 11.8 Å². The fourth-order valence-corrected chi connectivity index (χ4v) is 3.40. The van der Waals surface area contributed by atoms with Gasteiger partial charge in [-0.3, -0.25) is 14.4 Å². The van der Waals surface area contributed by atoms with E-state index >= 15 is 0 Å². The van der Waals surface area contributed by atoms with E-state index < -0.39 is 17.8 Å². The predicted molar refractivity (Wildman–Crippen MR) is 108 cm³/mol. The average molecular weight is 397 g/mol. The molecule has 0 unspecified atom stereocenters. The van der Waals surface area contributed by atoms with Gasteiger partial charge in [-0.1, -0.05) is 18.2 Å². The first-order valence-electron chi connectivity index (χ1n) is 9.64. The minimum absolute atomic E-state index is 0.00280. The van der Waals surface area contributed by atoms with Crippen molar-refractivity contribution in [3.8, 4) is 0 Å². The highest BCUT2D eigenvalue weighted by atomic mass is 19.1. The van der Waals surface area contributed by atoms with Crippen molar-refractivity contribution in [3.05, 3.63) is 65.5 Å². The zero-order valence-corrected chi connectivity index (χ0v) is 16.4. The molecule has 0 aliphatic carbocycles. The van der Waals surface area contributed by atoms with E-state index in [0.29, 0.717) is 24.2 Å². The summed E-state index contributed by atoms with van der Waals surface area (Å²) < 4.78 is 13.8. The lowest BCUT2D eigenvalue weighted by atomic mass is 10.1. The lowest BCUT2D eigenvalue weighted by molar-refractivity contribution is -0.125. The Morgan fingerprint density at radius 3 is 2.59 bits per heavy atom. The van der Waals surface area contributed by atoms with Gasteiger partial charge in [-0.25, -0.2) is 4.39 Å². The molecule has 0 radical (unpaired) electrons. The Morgan fingerprint density at radius 1 is 1.10 bits per heavy atom. The Bertz CT molecular complexity index is 929. The van der Waals surface area contributed by atoms with E-state index in [1.54, 1.807) is 29.2 Å². The molecule has 7 heteroatoms. The van der Waals surface area contributed by atoms with Crippen LogP contribution in [0, 0.1) is 5.82 Å². The molecule has 0 aromatic heterocycles. The van der Waals surface area contributed by atoms with Gasteiger partial charge in [0.05, 0.1) is 5.56 Å². The highest BCUT2D eigenvalue weighted by molar-refractivity contribution is 6.05. The van der Waals surface area contributed by atoms with Gasteiger partial charge in [-0.2, -0.15) is 0 Å². The van der Waals surface area contributed by atoms with Crippen molar-refractivity contribution in [2.75, 3.05) is 11.9 Å². The van der Waals surface area contributed by atoms with Crippen LogP contribution in [0.15, 0.2) is 48.5 Å². The van der Waals surface area contributed by atoms with Gasteiger partial charge < -0.3 is 15.5 Å². The van der Waals surface area contributed by atoms with Gasteiger partial charge in [0, 0.05) is 23.8 Å². The number of halogens is 1. The Morgan fingerprint density at radius 2 is 1.86 bits per heavy atom. The largest absolute Gasteiger partial charge is 0.352 e. The second-order valence-corrected chi connectivity index (χ2v) is 7.33. The van der Waals surface area contributed by atoms with Crippen molar-refractivity contribution in [1.29, 1.82) is 0 Å². The van der Waals surface area contributed by atoms with Gasteiger partial charge in [-0.05, 0) is 57.0 Å². The molecule has 2 aromatic carbocycles. The number of likely N-dealkylation sites (tertiary alicyclic amines) is 1. The molecular weight excluding hydrogens is 373 g/mol.